The summed E-state index contributed by atoms with van der Waals surface area (Å²) in [6.07, 6.45) is 5.21. The van der Waals surface area contributed by atoms with Crippen molar-refractivity contribution in [2.24, 2.45) is 0 Å². The quantitative estimate of drug-likeness (QED) is 0.278. The standard InChI is InChI=1S/C19H18Cl2N4O2S/c1-2-3-9-27-17(26)12-28-19-24-23-18(13-5-4-8-22-11-13)25(19)14-6-7-15(20)16(21)10-14/h4-8,10-11H,2-3,9,12H2,1H3. The minimum atomic E-state index is -0.287. The number of thioether (sulfide) groups is 1. The summed E-state index contributed by atoms with van der Waals surface area (Å²) in [5.41, 5.74) is 1.53. The van der Waals surface area contributed by atoms with Crippen molar-refractivity contribution in [2.75, 3.05) is 12.4 Å². The van der Waals surface area contributed by atoms with Gasteiger partial charge in [-0.2, -0.15) is 0 Å². The predicted octanol–water partition coefficient (Wildman–Crippen LogP) is 5.07. The van der Waals surface area contributed by atoms with Crippen LogP contribution in [-0.4, -0.2) is 38.1 Å². The van der Waals surface area contributed by atoms with E-state index in [0.717, 1.165) is 24.1 Å². The third-order valence-corrected chi connectivity index (χ3v) is 5.44. The average molecular weight is 437 g/mol. The molecule has 146 valence electrons. The van der Waals surface area contributed by atoms with Crippen LogP contribution in [0, 0.1) is 0 Å². The van der Waals surface area contributed by atoms with Gasteiger partial charge in [-0.05, 0) is 36.8 Å². The minimum absolute atomic E-state index is 0.135. The van der Waals surface area contributed by atoms with E-state index >= 15 is 0 Å². The Morgan fingerprint density at radius 3 is 2.79 bits per heavy atom. The van der Waals surface area contributed by atoms with Crippen LogP contribution >= 0.6 is 35.0 Å². The molecule has 2 heterocycles. The van der Waals surface area contributed by atoms with Crippen molar-refractivity contribution in [3.8, 4) is 17.1 Å². The molecule has 0 saturated carbocycles. The molecule has 0 aliphatic rings. The zero-order valence-electron chi connectivity index (χ0n) is 15.1. The Kier molecular flexibility index (Phi) is 7.30. The van der Waals surface area contributed by atoms with Gasteiger partial charge in [0.25, 0.3) is 0 Å². The average Bonchev–Trinajstić information content (AvgIpc) is 3.13. The second kappa shape index (κ2) is 9.91. The minimum Gasteiger partial charge on any atom is -0.465 e. The molecule has 6 nitrogen and oxygen atoms in total. The van der Waals surface area contributed by atoms with E-state index in [1.165, 1.54) is 11.8 Å². The number of unbranched alkanes of at least 4 members (excludes halogenated alkanes) is 1. The topological polar surface area (TPSA) is 69.9 Å². The summed E-state index contributed by atoms with van der Waals surface area (Å²) in [6, 6.07) is 8.97. The number of carbonyl (C=O) groups is 1. The first kappa shape index (κ1) is 20.6. The predicted molar refractivity (Wildman–Crippen MR) is 111 cm³/mol. The number of esters is 1. The van der Waals surface area contributed by atoms with Gasteiger partial charge in [-0.25, -0.2) is 0 Å². The smallest absolute Gasteiger partial charge is 0.316 e. The summed E-state index contributed by atoms with van der Waals surface area (Å²) in [7, 11) is 0. The lowest BCUT2D eigenvalue weighted by molar-refractivity contribution is -0.140. The van der Waals surface area contributed by atoms with Crippen LogP contribution in [-0.2, 0) is 9.53 Å². The molecule has 28 heavy (non-hydrogen) atoms. The van der Waals surface area contributed by atoms with Gasteiger partial charge in [-0.1, -0.05) is 48.3 Å². The Hall–Kier alpha value is -2.09. The fourth-order valence-corrected chi connectivity index (χ4v) is 3.44. The van der Waals surface area contributed by atoms with Crippen LogP contribution in [0.5, 0.6) is 0 Å². The maximum absolute atomic E-state index is 12.0. The highest BCUT2D eigenvalue weighted by atomic mass is 35.5. The number of pyridine rings is 1. The fourth-order valence-electron chi connectivity index (χ4n) is 2.40. The number of nitrogens with zero attached hydrogens (tertiary/aromatic N) is 4. The summed E-state index contributed by atoms with van der Waals surface area (Å²) in [6.45, 7) is 2.47. The van der Waals surface area contributed by atoms with E-state index in [1.54, 1.807) is 24.5 Å². The molecule has 9 heteroatoms. The fraction of sp³-hybridized carbons (Fsp3) is 0.263. The van der Waals surface area contributed by atoms with Crippen molar-refractivity contribution < 1.29 is 9.53 Å². The second-order valence-electron chi connectivity index (χ2n) is 5.84. The number of aromatic nitrogens is 4. The first-order chi connectivity index (χ1) is 13.6. The maximum Gasteiger partial charge on any atom is 0.316 e. The number of hydrogen-bond donors (Lipinski definition) is 0. The molecule has 0 unspecified atom stereocenters. The zero-order chi connectivity index (χ0) is 19.9. The van der Waals surface area contributed by atoms with Crippen molar-refractivity contribution in [1.82, 2.24) is 19.7 Å². The normalized spacial score (nSPS) is 10.8. The summed E-state index contributed by atoms with van der Waals surface area (Å²) in [5.74, 6) is 0.439. The number of ether oxygens (including phenoxy) is 1. The molecule has 0 radical (unpaired) electrons. The maximum atomic E-state index is 12.0. The lowest BCUT2D eigenvalue weighted by atomic mass is 10.2. The van der Waals surface area contributed by atoms with Gasteiger partial charge in [0.2, 0.25) is 0 Å². The van der Waals surface area contributed by atoms with E-state index in [-0.39, 0.29) is 11.7 Å². The largest absolute Gasteiger partial charge is 0.465 e. The zero-order valence-corrected chi connectivity index (χ0v) is 17.5. The molecule has 0 amide bonds. The van der Waals surface area contributed by atoms with Crippen LogP contribution in [0.15, 0.2) is 47.9 Å². The summed E-state index contributed by atoms with van der Waals surface area (Å²) >= 11 is 13.5. The molecule has 0 aliphatic heterocycles. The van der Waals surface area contributed by atoms with E-state index in [0.29, 0.717) is 27.6 Å². The first-order valence-electron chi connectivity index (χ1n) is 8.69. The SMILES string of the molecule is CCCCOC(=O)CSc1nnc(-c2cccnc2)n1-c1ccc(Cl)c(Cl)c1. The molecular formula is C19H18Cl2N4O2S. The Balaban J connectivity index is 1.91. The van der Waals surface area contributed by atoms with E-state index in [4.69, 9.17) is 27.9 Å². The molecule has 3 rings (SSSR count). The van der Waals surface area contributed by atoms with Crippen LogP contribution in [0.25, 0.3) is 17.1 Å². The summed E-state index contributed by atoms with van der Waals surface area (Å²) in [5, 5.41) is 9.96. The van der Waals surface area contributed by atoms with Gasteiger partial charge in [-0.3, -0.25) is 14.3 Å². The lowest BCUT2D eigenvalue weighted by Gasteiger charge is -2.11. The van der Waals surface area contributed by atoms with Gasteiger partial charge in [0.05, 0.1) is 28.1 Å². The Morgan fingerprint density at radius 1 is 1.21 bits per heavy atom. The Morgan fingerprint density at radius 2 is 2.07 bits per heavy atom. The van der Waals surface area contributed by atoms with Gasteiger partial charge in [0.15, 0.2) is 11.0 Å². The van der Waals surface area contributed by atoms with Gasteiger partial charge in [0.1, 0.15) is 0 Å². The molecule has 2 aromatic heterocycles. The van der Waals surface area contributed by atoms with Gasteiger partial charge >= 0.3 is 5.97 Å². The second-order valence-corrected chi connectivity index (χ2v) is 7.60. The van der Waals surface area contributed by atoms with Crippen LogP contribution in [0.2, 0.25) is 10.0 Å². The van der Waals surface area contributed by atoms with Crippen LogP contribution in [0.1, 0.15) is 19.8 Å². The van der Waals surface area contributed by atoms with E-state index in [9.17, 15) is 4.79 Å². The van der Waals surface area contributed by atoms with Gasteiger partial charge in [-0.15, -0.1) is 10.2 Å². The van der Waals surface area contributed by atoms with Gasteiger partial charge in [0, 0.05) is 18.0 Å². The third-order valence-electron chi connectivity index (χ3n) is 3.79. The van der Waals surface area contributed by atoms with E-state index in [1.807, 2.05) is 29.7 Å². The summed E-state index contributed by atoms with van der Waals surface area (Å²) in [4.78, 5) is 16.1. The van der Waals surface area contributed by atoms with Crippen molar-refractivity contribution >= 4 is 40.9 Å². The lowest BCUT2D eigenvalue weighted by Crippen LogP contribution is -2.09. The third kappa shape index (κ3) is 5.04. The highest BCUT2D eigenvalue weighted by molar-refractivity contribution is 7.99. The van der Waals surface area contributed by atoms with Crippen molar-refractivity contribution in [3.05, 3.63) is 52.8 Å². The molecule has 0 aliphatic carbocycles. The number of hydrogen-bond acceptors (Lipinski definition) is 6. The molecule has 3 aromatic rings. The highest BCUT2D eigenvalue weighted by Crippen LogP contribution is 2.31. The molecule has 0 fully saturated rings. The first-order valence-corrected chi connectivity index (χ1v) is 10.4. The Bertz CT molecular complexity index is 950. The molecule has 0 saturated heterocycles. The monoisotopic (exact) mass is 436 g/mol. The number of carbonyl (C=O) groups excluding carboxylic acids is 1. The van der Waals surface area contributed by atoms with Crippen LogP contribution in [0.4, 0.5) is 0 Å². The number of rotatable bonds is 8. The van der Waals surface area contributed by atoms with Crippen molar-refractivity contribution in [3.63, 3.8) is 0 Å². The van der Waals surface area contributed by atoms with E-state index < -0.39 is 0 Å². The number of benzene rings is 1. The van der Waals surface area contributed by atoms with Crippen molar-refractivity contribution in [1.29, 1.82) is 0 Å². The Labute approximate surface area is 177 Å². The molecule has 0 N–H and O–H groups in total. The van der Waals surface area contributed by atoms with Crippen LogP contribution < -0.4 is 0 Å². The van der Waals surface area contributed by atoms with Gasteiger partial charge < -0.3 is 4.74 Å². The van der Waals surface area contributed by atoms with Crippen molar-refractivity contribution in [2.45, 2.75) is 24.9 Å². The number of halogens is 2. The van der Waals surface area contributed by atoms with E-state index in [2.05, 4.69) is 15.2 Å². The molecule has 1 aromatic carbocycles. The molecule has 0 atom stereocenters. The molecule has 0 spiro atoms. The highest BCUT2D eigenvalue weighted by Gasteiger charge is 2.18. The van der Waals surface area contributed by atoms with Crippen LogP contribution in [0.3, 0.4) is 0 Å². The summed E-state index contributed by atoms with van der Waals surface area (Å²) < 4.78 is 7.03. The molecule has 0 bridgehead atoms. The molecular weight excluding hydrogens is 419 g/mol.